The minimum absolute atomic E-state index is 0.0136. The van der Waals surface area contributed by atoms with Gasteiger partial charge in [0.1, 0.15) is 5.75 Å². The molecular formula is C32H44N2O3. The Kier molecular flexibility index (Phi) is 7.65. The normalized spacial score (nSPS) is 29.4. The average molecular weight is 505 g/mol. The van der Waals surface area contributed by atoms with E-state index in [0.29, 0.717) is 11.7 Å². The maximum Gasteiger partial charge on any atom is 0.416 e. The standard InChI is InChI=1S/C32H44N2O3/c1-4-17-31(36)18-19-32(22-24-10-7-6-8-11-24)26(23-31)14-13-25-21-27(15-16-28(25)32)37-30(35)33(3)29-12-9-20-34(29)5-2/h6-8,10-11,15-16,21,26,29,36H,4-5,9,12-14,17-20,22-23H2,1-3H3/t26?,29?,31-,32+/m1/s1. The average Bonchev–Trinajstić information content (AvgIpc) is 3.38. The van der Waals surface area contributed by atoms with Crippen molar-refractivity contribution < 1.29 is 14.6 Å². The first-order valence-corrected chi connectivity index (χ1v) is 14.5. The summed E-state index contributed by atoms with van der Waals surface area (Å²) in [6.45, 7) is 6.30. The van der Waals surface area contributed by atoms with Crippen molar-refractivity contribution in [3.8, 4) is 5.75 Å². The highest BCUT2D eigenvalue weighted by molar-refractivity contribution is 5.71. The monoisotopic (exact) mass is 504 g/mol. The van der Waals surface area contributed by atoms with Crippen LogP contribution in [0.1, 0.15) is 81.9 Å². The maximum atomic E-state index is 13.0. The van der Waals surface area contributed by atoms with Gasteiger partial charge in [-0.05, 0) is 99.1 Å². The smallest absolute Gasteiger partial charge is 0.410 e. The van der Waals surface area contributed by atoms with Crippen molar-refractivity contribution in [1.82, 2.24) is 9.80 Å². The van der Waals surface area contributed by atoms with Gasteiger partial charge < -0.3 is 9.84 Å². The second-order valence-corrected chi connectivity index (χ2v) is 11.8. The third-order valence-electron chi connectivity index (χ3n) is 9.57. The number of rotatable bonds is 7. The van der Waals surface area contributed by atoms with Crippen LogP contribution in [0, 0.1) is 5.92 Å². The first kappa shape index (κ1) is 26.2. The lowest BCUT2D eigenvalue weighted by atomic mass is 9.52. The van der Waals surface area contributed by atoms with Gasteiger partial charge in [-0.15, -0.1) is 0 Å². The van der Waals surface area contributed by atoms with Crippen molar-refractivity contribution in [2.45, 2.75) is 95.2 Å². The van der Waals surface area contributed by atoms with Crippen molar-refractivity contribution in [2.75, 3.05) is 20.1 Å². The largest absolute Gasteiger partial charge is 0.416 e. The molecule has 3 aliphatic rings. The van der Waals surface area contributed by atoms with E-state index in [1.165, 1.54) is 16.7 Å². The number of aryl methyl sites for hydroxylation is 1. The number of fused-ring (bicyclic) bond motifs is 3. The van der Waals surface area contributed by atoms with Crippen molar-refractivity contribution in [2.24, 2.45) is 5.92 Å². The van der Waals surface area contributed by atoms with E-state index in [9.17, 15) is 9.90 Å². The predicted molar refractivity (Wildman–Crippen MR) is 148 cm³/mol. The van der Waals surface area contributed by atoms with Gasteiger partial charge in [0, 0.05) is 19.0 Å². The molecule has 0 spiro atoms. The van der Waals surface area contributed by atoms with E-state index < -0.39 is 5.60 Å². The lowest BCUT2D eigenvalue weighted by molar-refractivity contribution is -0.0565. The van der Waals surface area contributed by atoms with Crippen LogP contribution >= 0.6 is 0 Å². The molecule has 1 saturated heterocycles. The summed E-state index contributed by atoms with van der Waals surface area (Å²) in [6, 6.07) is 17.2. The van der Waals surface area contributed by atoms with Gasteiger partial charge in [-0.1, -0.05) is 56.7 Å². The molecule has 1 aliphatic heterocycles. The summed E-state index contributed by atoms with van der Waals surface area (Å²) in [5.74, 6) is 1.09. The molecule has 2 unspecified atom stereocenters. The van der Waals surface area contributed by atoms with Crippen LogP contribution in [-0.2, 0) is 18.3 Å². The molecule has 1 saturated carbocycles. The van der Waals surface area contributed by atoms with Gasteiger partial charge in [0.05, 0.1) is 11.8 Å². The lowest BCUT2D eigenvalue weighted by Gasteiger charge is -2.53. The minimum Gasteiger partial charge on any atom is -0.410 e. The fourth-order valence-electron chi connectivity index (χ4n) is 7.70. The predicted octanol–water partition coefficient (Wildman–Crippen LogP) is 6.32. The van der Waals surface area contributed by atoms with Crippen LogP contribution in [0.3, 0.4) is 0 Å². The number of amides is 1. The minimum atomic E-state index is -0.538. The quantitative estimate of drug-likeness (QED) is 0.480. The molecule has 2 fully saturated rings. The number of hydrogen-bond acceptors (Lipinski definition) is 4. The Balaban J connectivity index is 1.41. The summed E-state index contributed by atoms with van der Waals surface area (Å²) in [5.41, 5.74) is 3.53. The van der Waals surface area contributed by atoms with Gasteiger partial charge in [-0.3, -0.25) is 9.80 Å². The van der Waals surface area contributed by atoms with Gasteiger partial charge in [0.2, 0.25) is 0 Å². The molecule has 2 aliphatic carbocycles. The topological polar surface area (TPSA) is 53.0 Å². The molecule has 1 amide bonds. The molecule has 2 aromatic carbocycles. The van der Waals surface area contributed by atoms with Gasteiger partial charge in [-0.25, -0.2) is 4.79 Å². The van der Waals surface area contributed by atoms with E-state index in [-0.39, 0.29) is 17.7 Å². The number of nitrogens with zero attached hydrogens (tertiary/aromatic N) is 2. The number of carbonyl (C=O) groups excluding carboxylic acids is 1. The molecule has 0 radical (unpaired) electrons. The Morgan fingerprint density at radius 1 is 1.14 bits per heavy atom. The molecule has 1 heterocycles. The lowest BCUT2D eigenvalue weighted by Crippen LogP contribution is -2.51. The van der Waals surface area contributed by atoms with Gasteiger partial charge in [-0.2, -0.15) is 0 Å². The Morgan fingerprint density at radius 2 is 1.95 bits per heavy atom. The zero-order chi connectivity index (χ0) is 26.0. The second-order valence-electron chi connectivity index (χ2n) is 11.8. The Morgan fingerprint density at radius 3 is 2.70 bits per heavy atom. The summed E-state index contributed by atoms with van der Waals surface area (Å²) in [7, 11) is 1.86. The van der Waals surface area contributed by atoms with E-state index in [0.717, 1.165) is 77.3 Å². The van der Waals surface area contributed by atoms with Crippen LogP contribution in [-0.4, -0.2) is 52.9 Å². The van der Waals surface area contributed by atoms with Crippen molar-refractivity contribution >= 4 is 6.09 Å². The van der Waals surface area contributed by atoms with Gasteiger partial charge in [0.15, 0.2) is 0 Å². The summed E-state index contributed by atoms with van der Waals surface area (Å²) in [4.78, 5) is 17.1. The van der Waals surface area contributed by atoms with E-state index in [2.05, 4.69) is 61.2 Å². The summed E-state index contributed by atoms with van der Waals surface area (Å²) < 4.78 is 5.92. The zero-order valence-corrected chi connectivity index (χ0v) is 22.9. The van der Waals surface area contributed by atoms with E-state index in [1.807, 2.05) is 13.1 Å². The van der Waals surface area contributed by atoms with Gasteiger partial charge >= 0.3 is 6.09 Å². The van der Waals surface area contributed by atoms with Crippen LogP contribution < -0.4 is 4.74 Å². The maximum absolute atomic E-state index is 13.0. The zero-order valence-electron chi connectivity index (χ0n) is 22.9. The molecule has 37 heavy (non-hydrogen) atoms. The number of carbonyl (C=O) groups is 1. The molecule has 1 N–H and O–H groups in total. The molecule has 0 bridgehead atoms. The highest BCUT2D eigenvalue weighted by Gasteiger charge is 2.51. The first-order chi connectivity index (χ1) is 17.9. The molecule has 0 aromatic heterocycles. The molecule has 5 nitrogen and oxygen atoms in total. The summed E-state index contributed by atoms with van der Waals surface area (Å²) in [5, 5.41) is 11.4. The first-order valence-electron chi connectivity index (χ1n) is 14.5. The third-order valence-corrected chi connectivity index (χ3v) is 9.57. The Hall–Kier alpha value is -2.37. The number of likely N-dealkylation sites (tertiary alicyclic amines) is 1. The van der Waals surface area contributed by atoms with Crippen LogP contribution in [0.4, 0.5) is 4.79 Å². The summed E-state index contributed by atoms with van der Waals surface area (Å²) in [6.07, 6.45) is 9.60. The van der Waals surface area contributed by atoms with Crippen molar-refractivity contribution in [1.29, 1.82) is 0 Å². The Labute approximate surface area is 222 Å². The molecule has 5 rings (SSSR count). The number of benzene rings is 2. The second kappa shape index (κ2) is 10.8. The summed E-state index contributed by atoms with van der Waals surface area (Å²) >= 11 is 0. The van der Waals surface area contributed by atoms with Gasteiger partial charge in [0.25, 0.3) is 0 Å². The van der Waals surface area contributed by atoms with Crippen molar-refractivity contribution in [3.63, 3.8) is 0 Å². The number of hydrogen-bond donors (Lipinski definition) is 1. The fourth-order valence-corrected chi connectivity index (χ4v) is 7.70. The third kappa shape index (κ3) is 5.18. The Bertz CT molecular complexity index is 1090. The van der Waals surface area contributed by atoms with E-state index >= 15 is 0 Å². The molecule has 200 valence electrons. The van der Waals surface area contributed by atoms with E-state index in [4.69, 9.17) is 4.74 Å². The highest BCUT2D eigenvalue weighted by Crippen LogP contribution is 2.55. The van der Waals surface area contributed by atoms with Crippen LogP contribution in [0.5, 0.6) is 5.75 Å². The van der Waals surface area contributed by atoms with Crippen LogP contribution in [0.15, 0.2) is 48.5 Å². The molecule has 4 atom stereocenters. The molecule has 5 heteroatoms. The molecule has 2 aromatic rings. The number of aliphatic hydroxyl groups is 1. The van der Waals surface area contributed by atoms with Crippen LogP contribution in [0.2, 0.25) is 0 Å². The molecular weight excluding hydrogens is 460 g/mol. The van der Waals surface area contributed by atoms with E-state index in [1.54, 1.807) is 4.90 Å². The SMILES string of the molecule is CCC[C@@]1(O)CC[C@@]2(Cc3ccccc3)c3ccc(OC(=O)N(C)C4CCCN4CC)cc3CCC2C1. The highest BCUT2D eigenvalue weighted by atomic mass is 16.6. The van der Waals surface area contributed by atoms with Crippen molar-refractivity contribution in [3.05, 3.63) is 65.2 Å². The number of ether oxygens (including phenoxy) is 1. The van der Waals surface area contributed by atoms with Crippen LogP contribution in [0.25, 0.3) is 0 Å². The fraction of sp³-hybridized carbons (Fsp3) is 0.594.